The molecule has 1 unspecified atom stereocenters. The van der Waals surface area contributed by atoms with E-state index in [1.165, 1.54) is 10.7 Å². The lowest BCUT2D eigenvalue weighted by molar-refractivity contribution is -0.389. The number of nitro groups is 1. The van der Waals surface area contributed by atoms with Gasteiger partial charge < -0.3 is 15.4 Å². The van der Waals surface area contributed by atoms with Gasteiger partial charge >= 0.3 is 5.82 Å². The maximum atomic E-state index is 11.9. The fourth-order valence-corrected chi connectivity index (χ4v) is 1.78. The molecule has 8 nitrogen and oxygen atoms in total. The minimum atomic E-state index is -0.671. The van der Waals surface area contributed by atoms with Crippen LogP contribution < -0.4 is 5.32 Å². The maximum absolute atomic E-state index is 11.9. The highest BCUT2D eigenvalue weighted by Gasteiger charge is 2.24. The van der Waals surface area contributed by atoms with E-state index in [1.54, 1.807) is 13.8 Å². The molecule has 0 spiro atoms. The molecule has 0 aromatic carbocycles. The number of nitrogens with zero attached hydrogens (tertiary/aromatic N) is 3. The quantitative estimate of drug-likeness (QED) is 0.354. The number of nitrogens with one attached hydrogen (secondary N) is 1. The lowest BCUT2D eigenvalue weighted by atomic mass is 10.3. The smallest absolute Gasteiger partial charge is 0.358 e. The standard InChI is InChI=1S/C11H15ClN4O4/c1-7-6-10(16(19)20)14-15(7)8(2)11(18)13-5-3-4-9(12)17/h6,8H,3-5H2,1-2H3,(H,13,18). The maximum Gasteiger partial charge on any atom is 0.390 e. The van der Waals surface area contributed by atoms with Gasteiger partial charge in [0.15, 0.2) is 0 Å². The first-order valence-corrected chi connectivity index (χ1v) is 6.37. The third kappa shape index (κ3) is 4.30. The van der Waals surface area contributed by atoms with Crippen LogP contribution in [0.25, 0.3) is 0 Å². The van der Waals surface area contributed by atoms with E-state index in [-0.39, 0.29) is 18.1 Å². The molecule has 110 valence electrons. The van der Waals surface area contributed by atoms with Crippen LogP contribution in [-0.2, 0) is 9.59 Å². The third-order valence-electron chi connectivity index (χ3n) is 2.69. The van der Waals surface area contributed by atoms with Crippen molar-refractivity contribution in [2.24, 2.45) is 0 Å². The highest BCUT2D eigenvalue weighted by molar-refractivity contribution is 6.63. The molecular formula is C11H15ClN4O4. The van der Waals surface area contributed by atoms with Crippen LogP contribution in [0.15, 0.2) is 6.07 Å². The first-order valence-electron chi connectivity index (χ1n) is 5.99. The second-order valence-corrected chi connectivity index (χ2v) is 4.69. The second-order valence-electron chi connectivity index (χ2n) is 4.27. The Morgan fingerprint density at radius 1 is 1.60 bits per heavy atom. The number of rotatable bonds is 7. The Morgan fingerprint density at radius 3 is 2.75 bits per heavy atom. The highest BCUT2D eigenvalue weighted by Crippen LogP contribution is 2.16. The molecule has 0 aliphatic carbocycles. The summed E-state index contributed by atoms with van der Waals surface area (Å²) in [7, 11) is 0. The van der Waals surface area contributed by atoms with Crippen LogP contribution in [0.4, 0.5) is 5.82 Å². The Labute approximate surface area is 120 Å². The summed E-state index contributed by atoms with van der Waals surface area (Å²) in [5, 5.41) is 16.6. The van der Waals surface area contributed by atoms with Gasteiger partial charge in [-0.05, 0) is 36.8 Å². The first kappa shape index (κ1) is 16.1. The van der Waals surface area contributed by atoms with E-state index in [1.807, 2.05) is 0 Å². The number of hydrogen-bond acceptors (Lipinski definition) is 5. The van der Waals surface area contributed by atoms with E-state index in [0.717, 1.165) is 0 Å². The topological polar surface area (TPSA) is 107 Å². The van der Waals surface area contributed by atoms with Gasteiger partial charge in [-0.1, -0.05) is 0 Å². The summed E-state index contributed by atoms with van der Waals surface area (Å²) < 4.78 is 1.29. The van der Waals surface area contributed by atoms with Crippen molar-refractivity contribution in [2.75, 3.05) is 6.54 Å². The number of aryl methyl sites for hydroxylation is 1. The van der Waals surface area contributed by atoms with E-state index >= 15 is 0 Å². The van der Waals surface area contributed by atoms with Gasteiger partial charge in [0.25, 0.3) is 0 Å². The summed E-state index contributed by atoms with van der Waals surface area (Å²) >= 11 is 5.18. The summed E-state index contributed by atoms with van der Waals surface area (Å²) in [6, 6.07) is 0.631. The fraction of sp³-hybridized carbons (Fsp3) is 0.545. The number of halogens is 1. The summed E-state index contributed by atoms with van der Waals surface area (Å²) in [5.41, 5.74) is 0.523. The predicted molar refractivity (Wildman–Crippen MR) is 71.4 cm³/mol. The number of carbonyl (C=O) groups is 2. The SMILES string of the molecule is Cc1cc([N+](=O)[O-])nn1C(C)C(=O)NCCCC(=O)Cl. The van der Waals surface area contributed by atoms with Crippen LogP contribution in [0, 0.1) is 17.0 Å². The molecule has 1 heterocycles. The van der Waals surface area contributed by atoms with Crippen molar-refractivity contribution in [2.45, 2.75) is 32.7 Å². The van der Waals surface area contributed by atoms with Crippen molar-refractivity contribution in [3.8, 4) is 0 Å². The monoisotopic (exact) mass is 302 g/mol. The molecule has 1 rings (SSSR count). The van der Waals surface area contributed by atoms with E-state index < -0.39 is 16.2 Å². The molecule has 0 saturated carbocycles. The fourth-order valence-electron chi connectivity index (χ4n) is 1.65. The number of carbonyl (C=O) groups excluding carboxylic acids is 2. The van der Waals surface area contributed by atoms with Crippen LogP contribution in [0.1, 0.15) is 31.5 Å². The van der Waals surface area contributed by atoms with Crippen LogP contribution in [-0.4, -0.2) is 32.4 Å². The summed E-state index contributed by atoms with van der Waals surface area (Å²) in [6.45, 7) is 3.53. The van der Waals surface area contributed by atoms with Gasteiger partial charge in [-0.15, -0.1) is 0 Å². The predicted octanol–water partition coefficient (Wildman–Crippen LogP) is 1.32. The minimum absolute atomic E-state index is 0.183. The molecule has 1 atom stereocenters. The van der Waals surface area contributed by atoms with Crippen molar-refractivity contribution < 1.29 is 14.5 Å². The van der Waals surface area contributed by atoms with Gasteiger partial charge in [-0.2, -0.15) is 4.68 Å². The Balaban J connectivity index is 2.60. The molecule has 0 saturated heterocycles. The molecule has 20 heavy (non-hydrogen) atoms. The lowest BCUT2D eigenvalue weighted by Crippen LogP contribution is -2.32. The zero-order valence-corrected chi connectivity index (χ0v) is 11.9. The molecule has 1 aromatic heterocycles. The molecule has 0 aliphatic heterocycles. The van der Waals surface area contributed by atoms with Crippen molar-refractivity contribution in [1.29, 1.82) is 0 Å². The normalized spacial score (nSPS) is 11.9. The average Bonchev–Trinajstić information content (AvgIpc) is 2.75. The van der Waals surface area contributed by atoms with E-state index in [4.69, 9.17) is 11.6 Å². The van der Waals surface area contributed by atoms with Crippen molar-refractivity contribution >= 4 is 28.6 Å². The molecular weight excluding hydrogens is 288 g/mol. The van der Waals surface area contributed by atoms with Crippen LogP contribution in [0.5, 0.6) is 0 Å². The van der Waals surface area contributed by atoms with E-state index in [9.17, 15) is 19.7 Å². The Bertz CT molecular complexity index is 528. The van der Waals surface area contributed by atoms with Gasteiger partial charge in [0.05, 0.1) is 16.9 Å². The van der Waals surface area contributed by atoms with Gasteiger partial charge in [-0.3, -0.25) is 9.59 Å². The lowest BCUT2D eigenvalue weighted by Gasteiger charge is -2.10. The zero-order valence-electron chi connectivity index (χ0n) is 11.1. The van der Waals surface area contributed by atoms with Crippen molar-refractivity contribution in [3.63, 3.8) is 0 Å². The molecule has 9 heteroatoms. The Morgan fingerprint density at radius 2 is 2.25 bits per heavy atom. The molecule has 0 bridgehead atoms. The van der Waals surface area contributed by atoms with Gasteiger partial charge in [0.2, 0.25) is 11.1 Å². The molecule has 0 fully saturated rings. The first-order chi connectivity index (χ1) is 9.32. The number of amides is 1. The minimum Gasteiger partial charge on any atom is -0.358 e. The van der Waals surface area contributed by atoms with Crippen LogP contribution >= 0.6 is 11.6 Å². The summed E-state index contributed by atoms with van der Waals surface area (Å²) in [6.07, 6.45) is 0.627. The van der Waals surface area contributed by atoms with Gasteiger partial charge in [0, 0.05) is 13.0 Å². The molecule has 1 aromatic rings. The molecule has 1 amide bonds. The van der Waals surface area contributed by atoms with Crippen molar-refractivity contribution in [3.05, 3.63) is 21.9 Å². The molecule has 1 N–H and O–H groups in total. The summed E-state index contributed by atoms with van der Waals surface area (Å²) in [5.74, 6) is -0.622. The molecule has 0 radical (unpaired) electrons. The van der Waals surface area contributed by atoms with E-state index in [2.05, 4.69) is 10.4 Å². The number of hydrogen-bond donors (Lipinski definition) is 1. The van der Waals surface area contributed by atoms with Crippen molar-refractivity contribution in [1.82, 2.24) is 15.1 Å². The largest absolute Gasteiger partial charge is 0.390 e. The highest BCUT2D eigenvalue weighted by atomic mass is 35.5. The third-order valence-corrected chi connectivity index (χ3v) is 2.88. The van der Waals surface area contributed by atoms with Gasteiger partial charge in [0.1, 0.15) is 6.04 Å². The van der Waals surface area contributed by atoms with E-state index in [0.29, 0.717) is 18.7 Å². The van der Waals surface area contributed by atoms with Crippen LogP contribution in [0.2, 0.25) is 0 Å². The zero-order chi connectivity index (χ0) is 15.3. The van der Waals surface area contributed by atoms with Gasteiger partial charge in [-0.25, -0.2) is 0 Å². The Kier molecular flexibility index (Phi) is 5.63. The average molecular weight is 303 g/mol. The number of aromatic nitrogens is 2. The summed E-state index contributed by atoms with van der Waals surface area (Å²) in [4.78, 5) is 32.4. The molecule has 0 aliphatic rings. The second kappa shape index (κ2) is 6.99. The van der Waals surface area contributed by atoms with Crippen LogP contribution in [0.3, 0.4) is 0 Å². The Hall–Kier alpha value is -1.96.